The molecule has 0 aliphatic carbocycles. The Morgan fingerprint density at radius 3 is 2.61 bits per heavy atom. The maximum atomic E-state index is 12.9. The Morgan fingerprint density at radius 1 is 1.33 bits per heavy atom. The lowest BCUT2D eigenvalue weighted by Crippen LogP contribution is -2.45. The second kappa shape index (κ2) is 5.17. The molecule has 0 saturated carbocycles. The standard InChI is InChI=1S/C12H15FN2O2S/c1-18(16,17)15-12-8-14-7-6-11(12)9-2-4-10(13)5-3-9/h2-6,12,14-15H,7-8H2,1H3. The summed E-state index contributed by atoms with van der Waals surface area (Å²) in [4.78, 5) is 0. The molecule has 0 saturated heterocycles. The van der Waals surface area contributed by atoms with Gasteiger partial charge in [-0.1, -0.05) is 18.2 Å². The second-order valence-corrected chi connectivity index (χ2v) is 6.05. The topological polar surface area (TPSA) is 58.2 Å². The van der Waals surface area contributed by atoms with Crippen molar-refractivity contribution in [3.8, 4) is 0 Å². The first-order valence-electron chi connectivity index (χ1n) is 5.60. The Bertz CT molecular complexity index is 552. The summed E-state index contributed by atoms with van der Waals surface area (Å²) in [6.07, 6.45) is 3.05. The number of halogens is 1. The molecule has 0 spiro atoms. The summed E-state index contributed by atoms with van der Waals surface area (Å²) >= 11 is 0. The van der Waals surface area contributed by atoms with E-state index in [4.69, 9.17) is 0 Å². The lowest BCUT2D eigenvalue weighted by atomic mass is 9.96. The molecule has 2 rings (SSSR count). The van der Waals surface area contributed by atoms with Crippen molar-refractivity contribution in [2.75, 3.05) is 19.3 Å². The third-order valence-corrected chi connectivity index (χ3v) is 3.44. The molecule has 1 aromatic rings. The fourth-order valence-electron chi connectivity index (χ4n) is 1.99. The molecule has 4 nitrogen and oxygen atoms in total. The highest BCUT2D eigenvalue weighted by Gasteiger charge is 2.21. The van der Waals surface area contributed by atoms with Crippen molar-refractivity contribution in [2.45, 2.75) is 6.04 Å². The zero-order valence-electron chi connectivity index (χ0n) is 9.98. The van der Waals surface area contributed by atoms with Crippen molar-refractivity contribution in [3.63, 3.8) is 0 Å². The quantitative estimate of drug-likeness (QED) is 0.851. The molecule has 0 fully saturated rings. The van der Waals surface area contributed by atoms with Gasteiger partial charge in [0.2, 0.25) is 10.0 Å². The normalized spacial score (nSPS) is 20.6. The minimum Gasteiger partial charge on any atom is -0.311 e. The van der Waals surface area contributed by atoms with Crippen molar-refractivity contribution >= 4 is 15.6 Å². The number of hydrogen-bond donors (Lipinski definition) is 2. The summed E-state index contributed by atoms with van der Waals surface area (Å²) in [6.45, 7) is 1.20. The Hall–Kier alpha value is -1.24. The van der Waals surface area contributed by atoms with Crippen LogP contribution in [0, 0.1) is 5.82 Å². The summed E-state index contributed by atoms with van der Waals surface area (Å²) in [6, 6.07) is 5.73. The van der Waals surface area contributed by atoms with E-state index < -0.39 is 10.0 Å². The van der Waals surface area contributed by atoms with Crippen molar-refractivity contribution in [1.82, 2.24) is 10.0 Å². The summed E-state index contributed by atoms with van der Waals surface area (Å²) in [5, 5.41) is 3.09. The molecule has 1 heterocycles. The molecule has 0 aromatic heterocycles. The zero-order valence-corrected chi connectivity index (χ0v) is 10.8. The van der Waals surface area contributed by atoms with Gasteiger partial charge in [-0.15, -0.1) is 0 Å². The third-order valence-electron chi connectivity index (χ3n) is 2.72. The van der Waals surface area contributed by atoms with E-state index in [2.05, 4.69) is 10.0 Å². The van der Waals surface area contributed by atoms with Crippen LogP contribution >= 0.6 is 0 Å². The molecule has 1 aromatic carbocycles. The van der Waals surface area contributed by atoms with E-state index >= 15 is 0 Å². The van der Waals surface area contributed by atoms with E-state index in [1.54, 1.807) is 12.1 Å². The van der Waals surface area contributed by atoms with Gasteiger partial charge in [0, 0.05) is 13.1 Å². The second-order valence-electron chi connectivity index (χ2n) is 4.27. The van der Waals surface area contributed by atoms with Crippen molar-refractivity contribution in [1.29, 1.82) is 0 Å². The molecule has 98 valence electrons. The van der Waals surface area contributed by atoms with E-state index in [1.807, 2.05) is 6.08 Å². The highest BCUT2D eigenvalue weighted by Crippen LogP contribution is 2.21. The molecule has 1 unspecified atom stereocenters. The lowest BCUT2D eigenvalue weighted by molar-refractivity contribution is 0.564. The summed E-state index contributed by atoms with van der Waals surface area (Å²) in [7, 11) is -3.28. The van der Waals surface area contributed by atoms with Crippen LogP contribution in [0.5, 0.6) is 0 Å². The molecule has 1 aliphatic heterocycles. The van der Waals surface area contributed by atoms with Gasteiger partial charge < -0.3 is 5.32 Å². The minimum atomic E-state index is -3.28. The minimum absolute atomic E-state index is 0.305. The zero-order chi connectivity index (χ0) is 13.2. The van der Waals surface area contributed by atoms with Gasteiger partial charge in [0.25, 0.3) is 0 Å². The third kappa shape index (κ3) is 3.38. The molecule has 1 aliphatic rings. The van der Waals surface area contributed by atoms with Crippen LogP contribution in [0.25, 0.3) is 5.57 Å². The van der Waals surface area contributed by atoms with Gasteiger partial charge in [-0.05, 0) is 23.3 Å². The number of nitrogens with one attached hydrogen (secondary N) is 2. The predicted octanol–water partition coefficient (Wildman–Crippen LogP) is 0.730. The fourth-order valence-corrected chi connectivity index (χ4v) is 2.71. The molecular weight excluding hydrogens is 255 g/mol. The number of hydrogen-bond acceptors (Lipinski definition) is 3. The Kier molecular flexibility index (Phi) is 3.79. The molecule has 0 amide bonds. The van der Waals surface area contributed by atoms with Crippen LogP contribution in [0.4, 0.5) is 4.39 Å². The Morgan fingerprint density at radius 2 is 2.00 bits per heavy atom. The first-order valence-corrected chi connectivity index (χ1v) is 7.49. The van der Waals surface area contributed by atoms with Gasteiger partial charge in [-0.2, -0.15) is 0 Å². The fraction of sp³-hybridized carbons (Fsp3) is 0.333. The summed E-state index contributed by atoms with van der Waals surface area (Å²) < 4.78 is 38.1. The predicted molar refractivity (Wildman–Crippen MR) is 69.0 cm³/mol. The molecule has 0 bridgehead atoms. The van der Waals surface area contributed by atoms with Gasteiger partial charge in [0.05, 0.1) is 12.3 Å². The molecule has 0 radical (unpaired) electrons. The van der Waals surface area contributed by atoms with Crippen LogP contribution < -0.4 is 10.0 Å². The van der Waals surface area contributed by atoms with Gasteiger partial charge in [-0.3, -0.25) is 0 Å². The molecule has 1 atom stereocenters. The lowest BCUT2D eigenvalue weighted by Gasteiger charge is -2.25. The average Bonchev–Trinajstić information content (AvgIpc) is 2.29. The van der Waals surface area contributed by atoms with E-state index in [0.717, 1.165) is 17.4 Å². The first kappa shape index (κ1) is 13.2. The van der Waals surface area contributed by atoms with Crippen LogP contribution in [-0.2, 0) is 10.0 Å². The average molecular weight is 270 g/mol. The van der Waals surface area contributed by atoms with Crippen molar-refractivity contribution < 1.29 is 12.8 Å². The largest absolute Gasteiger partial charge is 0.311 e. The van der Waals surface area contributed by atoms with Gasteiger partial charge >= 0.3 is 0 Å². The Labute approximate surface area is 106 Å². The maximum absolute atomic E-state index is 12.9. The number of sulfonamides is 1. The van der Waals surface area contributed by atoms with E-state index in [1.165, 1.54) is 12.1 Å². The summed E-state index contributed by atoms with van der Waals surface area (Å²) in [5.41, 5.74) is 1.71. The van der Waals surface area contributed by atoms with E-state index in [-0.39, 0.29) is 11.9 Å². The van der Waals surface area contributed by atoms with Gasteiger partial charge in [0.1, 0.15) is 5.82 Å². The van der Waals surface area contributed by atoms with Crippen LogP contribution in [0.2, 0.25) is 0 Å². The monoisotopic (exact) mass is 270 g/mol. The molecule has 6 heteroatoms. The SMILES string of the molecule is CS(=O)(=O)NC1CNCC=C1c1ccc(F)cc1. The van der Waals surface area contributed by atoms with Crippen LogP contribution in [0.1, 0.15) is 5.56 Å². The molecular formula is C12H15FN2O2S. The van der Waals surface area contributed by atoms with Crippen molar-refractivity contribution in [2.24, 2.45) is 0 Å². The number of benzene rings is 1. The van der Waals surface area contributed by atoms with Crippen LogP contribution in [-0.4, -0.2) is 33.8 Å². The Balaban J connectivity index is 2.28. The maximum Gasteiger partial charge on any atom is 0.209 e. The van der Waals surface area contributed by atoms with Crippen molar-refractivity contribution in [3.05, 3.63) is 41.7 Å². The molecule has 18 heavy (non-hydrogen) atoms. The van der Waals surface area contributed by atoms with Gasteiger partial charge in [0.15, 0.2) is 0 Å². The van der Waals surface area contributed by atoms with E-state index in [0.29, 0.717) is 13.1 Å². The highest BCUT2D eigenvalue weighted by molar-refractivity contribution is 7.88. The summed E-state index contributed by atoms with van der Waals surface area (Å²) in [5.74, 6) is -0.305. The van der Waals surface area contributed by atoms with E-state index in [9.17, 15) is 12.8 Å². The first-order chi connectivity index (χ1) is 8.46. The van der Waals surface area contributed by atoms with Crippen LogP contribution in [0.15, 0.2) is 30.3 Å². The molecule has 2 N–H and O–H groups in total. The van der Waals surface area contributed by atoms with Crippen LogP contribution in [0.3, 0.4) is 0 Å². The highest BCUT2D eigenvalue weighted by atomic mass is 32.2. The van der Waals surface area contributed by atoms with Gasteiger partial charge in [-0.25, -0.2) is 17.5 Å². The number of rotatable bonds is 3. The smallest absolute Gasteiger partial charge is 0.209 e.